The average Bonchev–Trinajstić information content (AvgIpc) is 2.40. The Morgan fingerprint density at radius 1 is 1.82 bits per heavy atom. The summed E-state index contributed by atoms with van der Waals surface area (Å²) in [7, 11) is 1.42. The van der Waals surface area contributed by atoms with E-state index in [0.29, 0.717) is 5.88 Å². The van der Waals surface area contributed by atoms with Gasteiger partial charge in [-0.15, -0.1) is 0 Å². The van der Waals surface area contributed by atoms with Gasteiger partial charge in [0.25, 0.3) is 0 Å². The van der Waals surface area contributed by atoms with E-state index in [4.69, 9.17) is 4.74 Å². The summed E-state index contributed by atoms with van der Waals surface area (Å²) in [4.78, 5) is 17.0. The Labute approximate surface area is 63.3 Å². The van der Waals surface area contributed by atoms with Gasteiger partial charge in [0.05, 0.1) is 12.5 Å². The van der Waals surface area contributed by atoms with E-state index in [1.165, 1.54) is 19.6 Å². The molecule has 60 valence electrons. The number of carbonyl (C=O) groups excluding carboxylic acids is 1. The molecule has 1 heterocycles. The van der Waals surface area contributed by atoms with Gasteiger partial charge in [-0.2, -0.15) is 0 Å². The topological polar surface area (TPSA) is 64.2 Å². The van der Waals surface area contributed by atoms with Crippen molar-refractivity contribution in [3.8, 4) is 5.88 Å². The van der Waals surface area contributed by atoms with Crippen molar-refractivity contribution in [2.75, 3.05) is 13.7 Å². The maximum Gasteiger partial charge on any atom is 0.338 e. The van der Waals surface area contributed by atoms with E-state index >= 15 is 0 Å². The third kappa shape index (κ3) is 2.38. The molecule has 0 unspecified atom stereocenters. The zero-order chi connectivity index (χ0) is 8.10. The van der Waals surface area contributed by atoms with Crippen molar-refractivity contribution in [1.29, 1.82) is 0 Å². The minimum Gasteiger partial charge on any atom is -0.406 e. The van der Waals surface area contributed by atoms with E-state index in [9.17, 15) is 4.79 Å². The van der Waals surface area contributed by atoms with Gasteiger partial charge in [-0.05, 0) is 0 Å². The molecule has 1 N–H and O–H groups in total. The standard InChI is InChI=1S/C6H8N2O3/c1-10-3-6(9)11-5-2-7-4-8-5/h2,4H,3H2,1H3,(H,7,8). The van der Waals surface area contributed by atoms with E-state index in [-0.39, 0.29) is 6.61 Å². The van der Waals surface area contributed by atoms with Crippen LogP contribution in [0.5, 0.6) is 5.88 Å². The van der Waals surface area contributed by atoms with Crippen molar-refractivity contribution in [3.63, 3.8) is 0 Å². The second-order valence-electron chi connectivity index (χ2n) is 1.82. The largest absolute Gasteiger partial charge is 0.406 e. The summed E-state index contributed by atoms with van der Waals surface area (Å²) >= 11 is 0. The number of hydrogen-bond acceptors (Lipinski definition) is 4. The van der Waals surface area contributed by atoms with Gasteiger partial charge in [-0.1, -0.05) is 0 Å². The summed E-state index contributed by atoms with van der Waals surface area (Å²) < 4.78 is 9.26. The van der Waals surface area contributed by atoms with Gasteiger partial charge < -0.3 is 14.5 Å². The Bertz CT molecular complexity index is 220. The fourth-order valence-corrected chi connectivity index (χ4v) is 0.569. The second kappa shape index (κ2) is 3.72. The molecule has 1 rings (SSSR count). The summed E-state index contributed by atoms with van der Waals surface area (Å²) in [6.45, 7) is -0.0565. The molecule has 0 saturated carbocycles. The van der Waals surface area contributed by atoms with Crippen LogP contribution in [-0.4, -0.2) is 29.7 Å². The number of carbonyl (C=O) groups is 1. The minimum absolute atomic E-state index is 0.0565. The molecule has 0 aromatic carbocycles. The van der Waals surface area contributed by atoms with Crippen molar-refractivity contribution in [3.05, 3.63) is 12.5 Å². The molecule has 5 heteroatoms. The molecule has 0 bridgehead atoms. The number of nitrogens with zero attached hydrogens (tertiary/aromatic N) is 1. The third-order valence-electron chi connectivity index (χ3n) is 0.959. The van der Waals surface area contributed by atoms with Crippen molar-refractivity contribution in [2.45, 2.75) is 0 Å². The van der Waals surface area contributed by atoms with E-state index in [2.05, 4.69) is 14.7 Å². The highest BCUT2D eigenvalue weighted by Crippen LogP contribution is 2.01. The number of aromatic nitrogens is 2. The van der Waals surface area contributed by atoms with Crippen LogP contribution in [-0.2, 0) is 9.53 Å². The van der Waals surface area contributed by atoms with Crippen molar-refractivity contribution in [1.82, 2.24) is 9.97 Å². The summed E-state index contributed by atoms with van der Waals surface area (Å²) in [6.07, 6.45) is 2.84. The minimum atomic E-state index is -0.447. The molecule has 0 aliphatic rings. The van der Waals surface area contributed by atoms with Crippen LogP contribution in [0.4, 0.5) is 0 Å². The maximum atomic E-state index is 10.7. The van der Waals surface area contributed by atoms with Crippen LogP contribution in [0.2, 0.25) is 0 Å². The number of rotatable bonds is 3. The summed E-state index contributed by atoms with van der Waals surface area (Å²) in [5.74, 6) is -0.121. The van der Waals surface area contributed by atoms with Gasteiger partial charge >= 0.3 is 5.97 Å². The molecule has 0 amide bonds. The molecule has 0 fully saturated rings. The van der Waals surface area contributed by atoms with Crippen LogP contribution in [0.15, 0.2) is 12.5 Å². The lowest BCUT2D eigenvalue weighted by Crippen LogP contribution is -2.14. The van der Waals surface area contributed by atoms with E-state index in [1.54, 1.807) is 0 Å². The Hall–Kier alpha value is -1.36. The molecule has 0 radical (unpaired) electrons. The van der Waals surface area contributed by atoms with Gasteiger partial charge in [0.2, 0.25) is 5.88 Å². The molecule has 0 saturated heterocycles. The smallest absolute Gasteiger partial charge is 0.338 e. The van der Waals surface area contributed by atoms with Crippen LogP contribution >= 0.6 is 0 Å². The Balaban J connectivity index is 2.37. The maximum absolute atomic E-state index is 10.7. The zero-order valence-electron chi connectivity index (χ0n) is 6.03. The molecule has 0 spiro atoms. The van der Waals surface area contributed by atoms with Crippen molar-refractivity contribution in [2.24, 2.45) is 0 Å². The number of esters is 1. The van der Waals surface area contributed by atoms with Crippen LogP contribution in [0.25, 0.3) is 0 Å². The number of nitrogens with one attached hydrogen (secondary N) is 1. The predicted molar refractivity (Wildman–Crippen MR) is 36.1 cm³/mol. The van der Waals surface area contributed by atoms with E-state index in [1.807, 2.05) is 0 Å². The van der Waals surface area contributed by atoms with Crippen LogP contribution < -0.4 is 4.74 Å². The average molecular weight is 156 g/mol. The first-order valence-electron chi connectivity index (χ1n) is 3.01. The summed E-state index contributed by atoms with van der Waals surface area (Å²) in [5, 5.41) is 0. The van der Waals surface area contributed by atoms with Crippen molar-refractivity contribution >= 4 is 5.97 Å². The molecular weight excluding hydrogens is 148 g/mol. The van der Waals surface area contributed by atoms with Crippen LogP contribution in [0.3, 0.4) is 0 Å². The highest BCUT2D eigenvalue weighted by molar-refractivity contribution is 5.72. The summed E-state index contributed by atoms with van der Waals surface area (Å²) in [6, 6.07) is 0. The van der Waals surface area contributed by atoms with E-state index in [0.717, 1.165) is 0 Å². The number of aromatic amines is 1. The first-order valence-corrected chi connectivity index (χ1v) is 3.01. The SMILES string of the molecule is COCC(=O)Oc1cnc[nH]1. The van der Waals surface area contributed by atoms with Crippen LogP contribution in [0, 0.1) is 0 Å². The zero-order valence-corrected chi connectivity index (χ0v) is 6.03. The molecule has 5 nitrogen and oxygen atoms in total. The highest BCUT2D eigenvalue weighted by Gasteiger charge is 2.03. The Morgan fingerprint density at radius 2 is 2.64 bits per heavy atom. The summed E-state index contributed by atoms with van der Waals surface area (Å²) in [5.41, 5.74) is 0. The lowest BCUT2D eigenvalue weighted by Gasteiger charge is -1.97. The molecule has 1 aromatic rings. The molecule has 0 aliphatic carbocycles. The third-order valence-corrected chi connectivity index (χ3v) is 0.959. The number of hydrogen-bond donors (Lipinski definition) is 1. The van der Waals surface area contributed by atoms with Crippen LogP contribution in [0.1, 0.15) is 0 Å². The lowest BCUT2D eigenvalue weighted by atomic mass is 10.7. The van der Waals surface area contributed by atoms with Gasteiger partial charge in [0.1, 0.15) is 6.61 Å². The fraction of sp³-hybridized carbons (Fsp3) is 0.333. The normalized spacial score (nSPS) is 9.55. The Morgan fingerprint density at radius 3 is 3.18 bits per heavy atom. The molecule has 1 aromatic heterocycles. The monoisotopic (exact) mass is 156 g/mol. The number of ether oxygens (including phenoxy) is 2. The second-order valence-corrected chi connectivity index (χ2v) is 1.82. The van der Waals surface area contributed by atoms with Gasteiger partial charge in [0, 0.05) is 7.11 Å². The molecule has 0 atom stereocenters. The number of methoxy groups -OCH3 is 1. The number of H-pyrrole nitrogens is 1. The van der Waals surface area contributed by atoms with E-state index < -0.39 is 5.97 Å². The van der Waals surface area contributed by atoms with Gasteiger partial charge in [0.15, 0.2) is 0 Å². The fourth-order valence-electron chi connectivity index (χ4n) is 0.569. The first kappa shape index (κ1) is 7.74. The first-order chi connectivity index (χ1) is 5.33. The predicted octanol–water partition coefficient (Wildman–Crippen LogP) is -0.0385. The quantitative estimate of drug-likeness (QED) is 0.624. The molecule has 11 heavy (non-hydrogen) atoms. The molecular formula is C6H8N2O3. The van der Waals surface area contributed by atoms with Gasteiger partial charge in [-0.25, -0.2) is 9.78 Å². The number of imidazole rings is 1. The lowest BCUT2D eigenvalue weighted by molar-refractivity contribution is -0.138. The van der Waals surface area contributed by atoms with Gasteiger partial charge in [-0.3, -0.25) is 0 Å². The Kier molecular flexibility index (Phi) is 2.62. The molecule has 0 aliphatic heterocycles. The van der Waals surface area contributed by atoms with Crippen molar-refractivity contribution < 1.29 is 14.3 Å². The highest BCUT2D eigenvalue weighted by atomic mass is 16.6.